The third-order valence-corrected chi connectivity index (χ3v) is 4.07. The minimum atomic E-state index is 0.572. The highest BCUT2D eigenvalue weighted by molar-refractivity contribution is 5.25. The van der Waals surface area contributed by atoms with Crippen LogP contribution in [0.25, 0.3) is 0 Å². The van der Waals surface area contributed by atoms with E-state index in [0.29, 0.717) is 6.04 Å². The Labute approximate surface area is 117 Å². The van der Waals surface area contributed by atoms with Gasteiger partial charge in [0.15, 0.2) is 0 Å². The molecule has 0 radical (unpaired) electrons. The lowest BCUT2D eigenvalue weighted by Gasteiger charge is -2.31. The molecule has 19 heavy (non-hydrogen) atoms. The van der Waals surface area contributed by atoms with Crippen molar-refractivity contribution < 1.29 is 0 Å². The van der Waals surface area contributed by atoms with Crippen molar-refractivity contribution in [2.24, 2.45) is 0 Å². The fourth-order valence-electron chi connectivity index (χ4n) is 2.97. The molecule has 0 bridgehead atoms. The predicted octanol–water partition coefficient (Wildman–Crippen LogP) is 2.92. The Morgan fingerprint density at radius 2 is 2.26 bits per heavy atom. The van der Waals surface area contributed by atoms with Gasteiger partial charge in [-0.25, -0.2) is 0 Å². The second kappa shape index (κ2) is 7.61. The first-order chi connectivity index (χ1) is 9.33. The van der Waals surface area contributed by atoms with Gasteiger partial charge in [0, 0.05) is 38.1 Å². The second-order valence-corrected chi connectivity index (χ2v) is 5.53. The molecule has 106 valence electrons. The molecule has 0 saturated carbocycles. The van der Waals surface area contributed by atoms with Crippen LogP contribution in [0.5, 0.6) is 0 Å². The van der Waals surface area contributed by atoms with Gasteiger partial charge in [0.2, 0.25) is 0 Å². The average Bonchev–Trinajstić information content (AvgIpc) is 2.70. The van der Waals surface area contributed by atoms with Crippen molar-refractivity contribution in [2.75, 3.05) is 26.2 Å². The Balaban J connectivity index is 2.16. The SMILES string of the molecule is CCCCC(c1ccncc1C)N1CCCNCC1. The van der Waals surface area contributed by atoms with Crippen molar-refractivity contribution in [1.82, 2.24) is 15.2 Å². The quantitative estimate of drug-likeness (QED) is 0.883. The van der Waals surface area contributed by atoms with Gasteiger partial charge < -0.3 is 5.32 Å². The largest absolute Gasteiger partial charge is 0.315 e. The Morgan fingerprint density at radius 3 is 3.05 bits per heavy atom. The highest BCUT2D eigenvalue weighted by atomic mass is 15.2. The van der Waals surface area contributed by atoms with Crippen LogP contribution in [-0.4, -0.2) is 36.1 Å². The van der Waals surface area contributed by atoms with Crippen LogP contribution >= 0.6 is 0 Å². The summed E-state index contributed by atoms with van der Waals surface area (Å²) in [5.74, 6) is 0. The van der Waals surface area contributed by atoms with E-state index in [9.17, 15) is 0 Å². The number of pyridine rings is 1. The van der Waals surface area contributed by atoms with Gasteiger partial charge in [0.1, 0.15) is 0 Å². The third kappa shape index (κ3) is 4.02. The van der Waals surface area contributed by atoms with E-state index < -0.39 is 0 Å². The fraction of sp³-hybridized carbons (Fsp3) is 0.688. The van der Waals surface area contributed by atoms with E-state index in [1.165, 1.54) is 43.4 Å². The lowest BCUT2D eigenvalue weighted by Crippen LogP contribution is -2.32. The van der Waals surface area contributed by atoms with E-state index in [-0.39, 0.29) is 0 Å². The lowest BCUT2D eigenvalue weighted by atomic mass is 9.96. The van der Waals surface area contributed by atoms with Crippen LogP contribution in [0.1, 0.15) is 49.8 Å². The third-order valence-electron chi connectivity index (χ3n) is 4.07. The van der Waals surface area contributed by atoms with E-state index in [0.717, 1.165) is 19.6 Å². The Bertz CT molecular complexity index is 370. The van der Waals surface area contributed by atoms with Gasteiger partial charge in [-0.05, 0) is 43.5 Å². The number of nitrogens with one attached hydrogen (secondary N) is 1. The average molecular weight is 261 g/mol. The monoisotopic (exact) mass is 261 g/mol. The molecular formula is C16H27N3. The zero-order valence-electron chi connectivity index (χ0n) is 12.4. The standard InChI is InChI=1S/C16H27N3/c1-3-4-6-16(15-7-9-18-13-14(15)2)19-11-5-8-17-10-12-19/h7,9,13,16-17H,3-6,8,10-12H2,1-2H3. The van der Waals surface area contributed by atoms with Crippen molar-refractivity contribution in [2.45, 2.75) is 45.6 Å². The fourth-order valence-corrected chi connectivity index (χ4v) is 2.97. The molecule has 1 unspecified atom stereocenters. The summed E-state index contributed by atoms with van der Waals surface area (Å²) in [7, 11) is 0. The van der Waals surface area contributed by atoms with Crippen LogP contribution in [0.3, 0.4) is 0 Å². The van der Waals surface area contributed by atoms with Gasteiger partial charge >= 0.3 is 0 Å². The van der Waals surface area contributed by atoms with Crippen molar-refractivity contribution in [1.29, 1.82) is 0 Å². The van der Waals surface area contributed by atoms with Gasteiger partial charge in [0.05, 0.1) is 0 Å². The molecule has 1 fully saturated rings. The molecule has 3 nitrogen and oxygen atoms in total. The van der Waals surface area contributed by atoms with E-state index in [1.807, 2.05) is 12.4 Å². The van der Waals surface area contributed by atoms with Gasteiger partial charge in [-0.2, -0.15) is 0 Å². The molecule has 2 rings (SSSR count). The van der Waals surface area contributed by atoms with Gasteiger partial charge in [-0.1, -0.05) is 19.8 Å². The van der Waals surface area contributed by atoms with E-state index in [4.69, 9.17) is 0 Å². The van der Waals surface area contributed by atoms with Crippen LogP contribution in [-0.2, 0) is 0 Å². The van der Waals surface area contributed by atoms with Crippen molar-refractivity contribution in [3.05, 3.63) is 29.6 Å². The number of aryl methyl sites for hydroxylation is 1. The zero-order valence-corrected chi connectivity index (χ0v) is 12.4. The molecule has 1 aromatic rings. The molecular weight excluding hydrogens is 234 g/mol. The minimum absolute atomic E-state index is 0.572. The minimum Gasteiger partial charge on any atom is -0.315 e. The number of unbranched alkanes of at least 4 members (excludes halogenated alkanes) is 1. The first-order valence-electron chi connectivity index (χ1n) is 7.68. The summed E-state index contributed by atoms with van der Waals surface area (Å²) in [6.07, 6.45) is 9.04. The van der Waals surface area contributed by atoms with E-state index >= 15 is 0 Å². The molecule has 0 amide bonds. The van der Waals surface area contributed by atoms with Gasteiger partial charge in [-0.3, -0.25) is 9.88 Å². The molecule has 0 spiro atoms. The Morgan fingerprint density at radius 1 is 1.37 bits per heavy atom. The number of hydrogen-bond acceptors (Lipinski definition) is 3. The molecule has 3 heteroatoms. The normalized spacial score (nSPS) is 19.1. The number of rotatable bonds is 5. The summed E-state index contributed by atoms with van der Waals surface area (Å²) in [6.45, 7) is 9.12. The summed E-state index contributed by atoms with van der Waals surface area (Å²) in [5, 5.41) is 3.50. The number of aromatic nitrogens is 1. The molecule has 1 N–H and O–H groups in total. The van der Waals surface area contributed by atoms with Crippen LogP contribution < -0.4 is 5.32 Å². The Hall–Kier alpha value is -0.930. The summed E-state index contributed by atoms with van der Waals surface area (Å²) in [5.41, 5.74) is 2.81. The zero-order chi connectivity index (χ0) is 13.5. The van der Waals surface area contributed by atoms with Crippen molar-refractivity contribution >= 4 is 0 Å². The van der Waals surface area contributed by atoms with Crippen LogP contribution in [0.15, 0.2) is 18.5 Å². The van der Waals surface area contributed by atoms with Crippen LogP contribution in [0, 0.1) is 6.92 Å². The molecule has 0 aromatic carbocycles. The van der Waals surface area contributed by atoms with Crippen molar-refractivity contribution in [3.63, 3.8) is 0 Å². The molecule has 1 aliphatic rings. The maximum absolute atomic E-state index is 4.24. The molecule has 1 saturated heterocycles. The lowest BCUT2D eigenvalue weighted by molar-refractivity contribution is 0.196. The first kappa shape index (κ1) is 14.5. The molecule has 1 aromatic heterocycles. The van der Waals surface area contributed by atoms with E-state index in [2.05, 4.69) is 35.1 Å². The molecule has 1 aliphatic heterocycles. The highest BCUT2D eigenvalue weighted by Crippen LogP contribution is 2.28. The summed E-state index contributed by atoms with van der Waals surface area (Å²) < 4.78 is 0. The van der Waals surface area contributed by atoms with Crippen LogP contribution in [0.4, 0.5) is 0 Å². The molecule has 1 atom stereocenters. The predicted molar refractivity (Wildman–Crippen MR) is 80.3 cm³/mol. The molecule has 0 aliphatic carbocycles. The summed E-state index contributed by atoms with van der Waals surface area (Å²) in [4.78, 5) is 6.91. The number of nitrogens with zero attached hydrogens (tertiary/aromatic N) is 2. The first-order valence-corrected chi connectivity index (χ1v) is 7.68. The van der Waals surface area contributed by atoms with Gasteiger partial charge in [-0.15, -0.1) is 0 Å². The van der Waals surface area contributed by atoms with Crippen LogP contribution in [0.2, 0.25) is 0 Å². The van der Waals surface area contributed by atoms with Crippen molar-refractivity contribution in [3.8, 4) is 0 Å². The summed E-state index contributed by atoms with van der Waals surface area (Å²) >= 11 is 0. The summed E-state index contributed by atoms with van der Waals surface area (Å²) in [6, 6.07) is 2.79. The smallest absolute Gasteiger partial charge is 0.0352 e. The topological polar surface area (TPSA) is 28.2 Å². The second-order valence-electron chi connectivity index (χ2n) is 5.53. The Kier molecular flexibility index (Phi) is 5.80. The maximum Gasteiger partial charge on any atom is 0.0352 e. The number of hydrogen-bond donors (Lipinski definition) is 1. The highest BCUT2D eigenvalue weighted by Gasteiger charge is 2.22. The molecule has 2 heterocycles. The maximum atomic E-state index is 4.24. The van der Waals surface area contributed by atoms with Gasteiger partial charge in [0.25, 0.3) is 0 Å². The van der Waals surface area contributed by atoms with E-state index in [1.54, 1.807) is 0 Å².